The first-order valence-corrected chi connectivity index (χ1v) is 7.29. The molecule has 0 radical (unpaired) electrons. The number of amides is 3. The second-order valence-electron chi connectivity index (χ2n) is 5.38. The third-order valence-electron chi connectivity index (χ3n) is 3.89. The summed E-state index contributed by atoms with van der Waals surface area (Å²) in [5.41, 5.74) is 3.32. The maximum absolute atomic E-state index is 12.0. The van der Waals surface area contributed by atoms with Gasteiger partial charge in [-0.05, 0) is 32.8 Å². The van der Waals surface area contributed by atoms with Crippen molar-refractivity contribution in [2.45, 2.75) is 33.7 Å². The molecule has 2 rings (SSSR count). The van der Waals surface area contributed by atoms with Crippen LogP contribution < -0.4 is 10.6 Å². The quantitative estimate of drug-likeness (QED) is 0.843. The van der Waals surface area contributed by atoms with Gasteiger partial charge in [0.25, 0.3) is 0 Å². The lowest BCUT2D eigenvalue weighted by molar-refractivity contribution is -0.121. The monoisotopic (exact) mass is 293 g/mol. The van der Waals surface area contributed by atoms with Crippen molar-refractivity contribution < 1.29 is 9.59 Å². The maximum atomic E-state index is 12.0. The highest BCUT2D eigenvalue weighted by Gasteiger charge is 2.19. The number of nitrogens with zero attached hydrogens (tertiary/aromatic N) is 3. The standard InChI is InChI=1S/C14H23N5O2/c1-10-11(2)17-19(12(10)3)8-6-16-14(21)18-7-4-5-15-13(20)9-18/h4-9H2,1-3H3,(H,15,20)(H,16,21). The SMILES string of the molecule is Cc1nn(CCNC(=O)N2CCCNC(=O)C2)c(C)c1C. The van der Waals surface area contributed by atoms with Crippen LogP contribution in [0.4, 0.5) is 4.79 Å². The summed E-state index contributed by atoms with van der Waals surface area (Å²) in [6.07, 6.45) is 0.788. The summed E-state index contributed by atoms with van der Waals surface area (Å²) in [6, 6.07) is -0.190. The molecule has 1 aliphatic rings. The second-order valence-corrected chi connectivity index (χ2v) is 5.38. The Morgan fingerprint density at radius 2 is 2.14 bits per heavy atom. The van der Waals surface area contributed by atoms with E-state index in [9.17, 15) is 9.59 Å². The van der Waals surface area contributed by atoms with Gasteiger partial charge in [0, 0.05) is 25.3 Å². The van der Waals surface area contributed by atoms with Gasteiger partial charge < -0.3 is 15.5 Å². The van der Waals surface area contributed by atoms with Crippen molar-refractivity contribution in [3.8, 4) is 0 Å². The average Bonchev–Trinajstić information content (AvgIpc) is 2.63. The minimum atomic E-state index is -0.190. The van der Waals surface area contributed by atoms with Gasteiger partial charge in [-0.2, -0.15) is 5.10 Å². The van der Waals surface area contributed by atoms with E-state index in [-0.39, 0.29) is 18.5 Å². The first-order valence-electron chi connectivity index (χ1n) is 7.29. The molecule has 1 saturated heterocycles. The van der Waals surface area contributed by atoms with E-state index in [2.05, 4.69) is 15.7 Å². The Labute approximate surface area is 124 Å². The molecule has 0 aromatic carbocycles. The topological polar surface area (TPSA) is 79.3 Å². The third-order valence-corrected chi connectivity index (χ3v) is 3.89. The summed E-state index contributed by atoms with van der Waals surface area (Å²) in [5.74, 6) is -0.100. The molecule has 116 valence electrons. The van der Waals surface area contributed by atoms with Crippen LogP contribution in [0.2, 0.25) is 0 Å². The Balaban J connectivity index is 1.83. The molecule has 3 amide bonds. The minimum absolute atomic E-state index is 0.100. The molecule has 0 unspecified atom stereocenters. The number of aryl methyl sites for hydroxylation is 1. The zero-order valence-electron chi connectivity index (χ0n) is 12.9. The van der Waals surface area contributed by atoms with Gasteiger partial charge in [0.05, 0.1) is 12.2 Å². The van der Waals surface area contributed by atoms with Gasteiger partial charge >= 0.3 is 6.03 Å². The minimum Gasteiger partial charge on any atom is -0.354 e. The van der Waals surface area contributed by atoms with Crippen molar-refractivity contribution in [1.29, 1.82) is 0 Å². The number of hydrogen-bond acceptors (Lipinski definition) is 3. The van der Waals surface area contributed by atoms with Crippen molar-refractivity contribution in [3.63, 3.8) is 0 Å². The maximum Gasteiger partial charge on any atom is 0.317 e. The van der Waals surface area contributed by atoms with Gasteiger partial charge in [0.1, 0.15) is 6.54 Å². The Hall–Kier alpha value is -2.05. The highest BCUT2D eigenvalue weighted by atomic mass is 16.2. The van der Waals surface area contributed by atoms with E-state index >= 15 is 0 Å². The zero-order chi connectivity index (χ0) is 15.4. The molecule has 7 nitrogen and oxygen atoms in total. The number of nitrogens with one attached hydrogen (secondary N) is 2. The van der Waals surface area contributed by atoms with Crippen LogP contribution in [0.25, 0.3) is 0 Å². The predicted octanol–water partition coefficient (Wildman–Crippen LogP) is 0.340. The lowest BCUT2D eigenvalue weighted by atomic mass is 10.2. The van der Waals surface area contributed by atoms with Crippen LogP contribution >= 0.6 is 0 Å². The van der Waals surface area contributed by atoms with E-state index in [0.717, 1.165) is 17.8 Å². The number of carbonyl (C=O) groups excluding carboxylic acids is 2. The predicted molar refractivity (Wildman–Crippen MR) is 79.0 cm³/mol. The van der Waals surface area contributed by atoms with Gasteiger partial charge in [0.2, 0.25) is 5.91 Å². The normalized spacial score (nSPS) is 15.6. The largest absolute Gasteiger partial charge is 0.354 e. The van der Waals surface area contributed by atoms with Crippen molar-refractivity contribution >= 4 is 11.9 Å². The van der Waals surface area contributed by atoms with E-state index in [1.807, 2.05) is 25.5 Å². The molecule has 1 aliphatic heterocycles. The molecule has 2 heterocycles. The average molecular weight is 293 g/mol. The molecular formula is C14H23N5O2. The third kappa shape index (κ3) is 3.74. The van der Waals surface area contributed by atoms with Gasteiger partial charge in [-0.15, -0.1) is 0 Å². The number of carbonyl (C=O) groups is 2. The first kappa shape index (κ1) is 15.3. The molecule has 2 N–H and O–H groups in total. The molecule has 7 heteroatoms. The molecule has 0 saturated carbocycles. The number of rotatable bonds is 3. The molecule has 0 aliphatic carbocycles. The van der Waals surface area contributed by atoms with E-state index in [4.69, 9.17) is 0 Å². The van der Waals surface area contributed by atoms with Crippen LogP contribution in [-0.4, -0.2) is 52.8 Å². The molecule has 1 aromatic rings. The van der Waals surface area contributed by atoms with Gasteiger partial charge in [-0.1, -0.05) is 0 Å². The van der Waals surface area contributed by atoms with Crippen LogP contribution in [0.1, 0.15) is 23.4 Å². The van der Waals surface area contributed by atoms with Gasteiger partial charge in [-0.25, -0.2) is 4.79 Å². The summed E-state index contributed by atoms with van der Waals surface area (Å²) < 4.78 is 1.90. The van der Waals surface area contributed by atoms with Gasteiger partial charge in [-0.3, -0.25) is 9.48 Å². The van der Waals surface area contributed by atoms with Crippen LogP contribution in [0, 0.1) is 20.8 Å². The first-order chi connectivity index (χ1) is 9.99. The molecule has 0 spiro atoms. The Kier molecular flexibility index (Phi) is 4.82. The molecule has 0 atom stereocenters. The molecule has 1 fully saturated rings. The van der Waals surface area contributed by atoms with Crippen LogP contribution in [-0.2, 0) is 11.3 Å². The van der Waals surface area contributed by atoms with Gasteiger partial charge in [0.15, 0.2) is 0 Å². The molecule has 1 aromatic heterocycles. The van der Waals surface area contributed by atoms with Crippen molar-refractivity contribution in [1.82, 2.24) is 25.3 Å². The second kappa shape index (κ2) is 6.60. The fraction of sp³-hybridized carbons (Fsp3) is 0.643. The van der Waals surface area contributed by atoms with Crippen LogP contribution in [0.5, 0.6) is 0 Å². The highest BCUT2D eigenvalue weighted by Crippen LogP contribution is 2.10. The van der Waals surface area contributed by atoms with E-state index in [0.29, 0.717) is 26.2 Å². The van der Waals surface area contributed by atoms with E-state index < -0.39 is 0 Å². The number of aromatic nitrogens is 2. The van der Waals surface area contributed by atoms with Crippen molar-refractivity contribution in [2.24, 2.45) is 0 Å². The van der Waals surface area contributed by atoms with E-state index in [1.54, 1.807) is 4.90 Å². The Bertz CT molecular complexity index is 538. The fourth-order valence-corrected chi connectivity index (χ4v) is 2.36. The highest BCUT2D eigenvalue weighted by molar-refractivity contribution is 5.84. The summed E-state index contributed by atoms with van der Waals surface area (Å²) >= 11 is 0. The van der Waals surface area contributed by atoms with Crippen LogP contribution in [0.3, 0.4) is 0 Å². The van der Waals surface area contributed by atoms with E-state index in [1.165, 1.54) is 5.56 Å². The smallest absolute Gasteiger partial charge is 0.317 e. The number of hydrogen-bond donors (Lipinski definition) is 2. The van der Waals surface area contributed by atoms with Crippen LogP contribution in [0.15, 0.2) is 0 Å². The zero-order valence-corrected chi connectivity index (χ0v) is 12.9. The molecule has 0 bridgehead atoms. The number of urea groups is 1. The lowest BCUT2D eigenvalue weighted by Crippen LogP contribution is -2.44. The van der Waals surface area contributed by atoms with Crippen molar-refractivity contribution in [2.75, 3.05) is 26.2 Å². The molecule has 21 heavy (non-hydrogen) atoms. The summed E-state index contributed by atoms with van der Waals surface area (Å²) in [5, 5.41) is 10.0. The lowest BCUT2D eigenvalue weighted by Gasteiger charge is -2.19. The summed E-state index contributed by atoms with van der Waals surface area (Å²) in [4.78, 5) is 25.0. The Morgan fingerprint density at radius 1 is 1.38 bits per heavy atom. The van der Waals surface area contributed by atoms with Crippen molar-refractivity contribution in [3.05, 3.63) is 17.0 Å². The Morgan fingerprint density at radius 3 is 2.81 bits per heavy atom. The fourth-order valence-electron chi connectivity index (χ4n) is 2.36. The summed E-state index contributed by atoms with van der Waals surface area (Å²) in [7, 11) is 0. The summed E-state index contributed by atoms with van der Waals surface area (Å²) in [6.45, 7) is 8.54. The molecular weight excluding hydrogens is 270 g/mol.